The van der Waals surface area contributed by atoms with E-state index in [1.807, 2.05) is 0 Å². The average molecular weight is 541 g/mol. The first-order chi connectivity index (χ1) is 16.7. The van der Waals surface area contributed by atoms with Crippen molar-refractivity contribution in [2.24, 2.45) is 5.92 Å². The van der Waals surface area contributed by atoms with Crippen molar-refractivity contribution in [1.82, 2.24) is 15.1 Å². The highest BCUT2D eigenvalue weighted by atomic mass is 35.5. The maximum absolute atomic E-state index is 6.23. The van der Waals surface area contributed by atoms with Crippen LogP contribution in [-0.4, -0.2) is 61.2 Å². The Hall–Kier alpha value is -1.60. The van der Waals surface area contributed by atoms with Gasteiger partial charge in [0.1, 0.15) is 5.75 Å². The molecule has 1 saturated heterocycles. The lowest BCUT2D eigenvalue weighted by Gasteiger charge is -2.35. The van der Waals surface area contributed by atoms with Crippen molar-refractivity contribution in [1.29, 1.82) is 0 Å². The predicted molar refractivity (Wildman–Crippen MR) is 150 cm³/mol. The number of nitrogens with zero attached hydrogens (tertiary/aromatic N) is 3. The fourth-order valence-electron chi connectivity index (χ4n) is 5.19. The highest BCUT2D eigenvalue weighted by molar-refractivity contribution is 5.85. The first-order valence-electron chi connectivity index (χ1n) is 13.1. The molecule has 1 aromatic heterocycles. The molecule has 202 valence electrons. The molecule has 0 spiro atoms. The van der Waals surface area contributed by atoms with Crippen LogP contribution < -0.4 is 9.47 Å². The molecule has 0 N–H and O–H groups in total. The minimum absolute atomic E-state index is 0. The number of rotatable bonds is 10. The van der Waals surface area contributed by atoms with Crippen LogP contribution in [0.3, 0.4) is 0 Å². The smallest absolute Gasteiger partial charge is 0.234 e. The summed E-state index contributed by atoms with van der Waals surface area (Å²) in [6.45, 7) is 4.82. The van der Waals surface area contributed by atoms with E-state index in [1.165, 1.54) is 32.1 Å². The lowest BCUT2D eigenvalue weighted by Crippen LogP contribution is -2.44. The summed E-state index contributed by atoms with van der Waals surface area (Å²) in [6.07, 6.45) is 11.0. The average Bonchev–Trinajstić information content (AvgIpc) is 2.87. The van der Waals surface area contributed by atoms with E-state index in [-0.39, 0.29) is 30.9 Å². The van der Waals surface area contributed by atoms with Crippen molar-refractivity contribution in [2.45, 2.75) is 76.9 Å². The third-order valence-corrected chi connectivity index (χ3v) is 7.25. The Morgan fingerprint density at radius 3 is 2.44 bits per heavy atom. The standard InChI is InChI=1S/C28H41N3O3.2ClH/c1-4-5-11-26-25(21-12-14-24(15-13-21)34-23-9-7-6-8-10-23)18-28(30-29-26)33-20-22-19-31(2)17-16-27(22)32-3;;/h12-15,18,22-23,27H,4-11,16-17,19-20H2,1-3H3;2*1H. The molecule has 2 aromatic rings. The molecule has 1 saturated carbocycles. The van der Waals surface area contributed by atoms with Gasteiger partial charge in [0, 0.05) is 37.7 Å². The van der Waals surface area contributed by atoms with Crippen LogP contribution in [0.2, 0.25) is 0 Å². The summed E-state index contributed by atoms with van der Waals surface area (Å²) in [4.78, 5) is 2.34. The van der Waals surface area contributed by atoms with E-state index in [4.69, 9.17) is 14.2 Å². The molecule has 1 aliphatic heterocycles. The Labute approximate surface area is 229 Å². The molecule has 36 heavy (non-hydrogen) atoms. The maximum Gasteiger partial charge on any atom is 0.234 e. The van der Waals surface area contributed by atoms with Crippen molar-refractivity contribution in [3.8, 4) is 22.8 Å². The predicted octanol–water partition coefficient (Wildman–Crippen LogP) is 6.39. The van der Waals surface area contributed by atoms with Crippen LogP contribution in [0.5, 0.6) is 11.6 Å². The van der Waals surface area contributed by atoms with Crippen molar-refractivity contribution in [3.05, 3.63) is 36.0 Å². The van der Waals surface area contributed by atoms with Gasteiger partial charge in [-0.05, 0) is 69.7 Å². The molecule has 2 aliphatic rings. The molecule has 6 nitrogen and oxygen atoms in total. The number of aromatic nitrogens is 2. The molecule has 0 radical (unpaired) electrons. The summed E-state index contributed by atoms with van der Waals surface area (Å²) in [5, 5.41) is 8.99. The minimum Gasteiger partial charge on any atom is -0.490 e. The Balaban J connectivity index is 0.00000228. The van der Waals surface area contributed by atoms with Crippen molar-refractivity contribution in [3.63, 3.8) is 0 Å². The van der Waals surface area contributed by atoms with E-state index in [0.29, 0.717) is 24.5 Å². The topological polar surface area (TPSA) is 56.7 Å². The monoisotopic (exact) mass is 539 g/mol. The lowest BCUT2D eigenvalue weighted by atomic mass is 9.96. The van der Waals surface area contributed by atoms with Crippen LogP contribution in [0.15, 0.2) is 30.3 Å². The van der Waals surface area contributed by atoms with Gasteiger partial charge in [0.25, 0.3) is 0 Å². The number of halogens is 2. The number of ether oxygens (including phenoxy) is 3. The maximum atomic E-state index is 6.23. The fourth-order valence-corrected chi connectivity index (χ4v) is 5.19. The Bertz CT molecular complexity index is 894. The third-order valence-electron chi connectivity index (χ3n) is 7.25. The van der Waals surface area contributed by atoms with E-state index in [0.717, 1.165) is 61.3 Å². The third kappa shape index (κ3) is 8.47. The molecule has 2 atom stereocenters. The zero-order valence-corrected chi connectivity index (χ0v) is 23.6. The second kappa shape index (κ2) is 15.6. The number of unbranched alkanes of at least 4 members (excludes halogenated alkanes) is 1. The van der Waals surface area contributed by atoms with E-state index >= 15 is 0 Å². The summed E-state index contributed by atoms with van der Waals surface area (Å²) in [7, 11) is 3.95. The van der Waals surface area contributed by atoms with Crippen LogP contribution in [0, 0.1) is 5.92 Å². The van der Waals surface area contributed by atoms with Gasteiger partial charge in [-0.3, -0.25) is 0 Å². The second-order valence-electron chi connectivity index (χ2n) is 9.94. The molecule has 8 heteroatoms. The molecule has 2 fully saturated rings. The number of benzene rings is 1. The van der Waals surface area contributed by atoms with Crippen molar-refractivity contribution >= 4 is 24.8 Å². The Morgan fingerprint density at radius 2 is 1.75 bits per heavy atom. The van der Waals surface area contributed by atoms with Gasteiger partial charge in [0.05, 0.1) is 24.5 Å². The minimum atomic E-state index is 0. The lowest BCUT2D eigenvalue weighted by molar-refractivity contribution is -0.0173. The molecule has 2 unspecified atom stereocenters. The highest BCUT2D eigenvalue weighted by Gasteiger charge is 2.28. The van der Waals surface area contributed by atoms with Gasteiger partial charge in [0.2, 0.25) is 5.88 Å². The molecule has 0 bridgehead atoms. The van der Waals surface area contributed by atoms with Crippen LogP contribution >= 0.6 is 24.8 Å². The molecule has 4 rings (SSSR count). The van der Waals surface area contributed by atoms with Gasteiger partial charge in [-0.25, -0.2) is 0 Å². The number of aryl methyl sites for hydroxylation is 1. The van der Waals surface area contributed by atoms with Gasteiger partial charge in [-0.15, -0.1) is 29.9 Å². The second-order valence-corrected chi connectivity index (χ2v) is 9.94. The normalized spacial score (nSPS) is 20.8. The summed E-state index contributed by atoms with van der Waals surface area (Å²) >= 11 is 0. The van der Waals surface area contributed by atoms with Crippen LogP contribution in [0.4, 0.5) is 0 Å². The van der Waals surface area contributed by atoms with Crippen LogP contribution in [0.25, 0.3) is 11.1 Å². The van der Waals surface area contributed by atoms with Crippen molar-refractivity contribution < 1.29 is 14.2 Å². The molecular formula is C28H43Cl2N3O3. The van der Waals surface area contributed by atoms with E-state index in [1.54, 1.807) is 7.11 Å². The van der Waals surface area contributed by atoms with Crippen LogP contribution in [0.1, 0.15) is 64.0 Å². The molecule has 1 aliphatic carbocycles. The number of likely N-dealkylation sites (tertiary alicyclic amines) is 1. The van der Waals surface area contributed by atoms with E-state index in [9.17, 15) is 0 Å². The Kier molecular flexibility index (Phi) is 13.3. The first kappa shape index (κ1) is 30.6. The van der Waals surface area contributed by atoms with E-state index in [2.05, 4.69) is 59.4 Å². The van der Waals surface area contributed by atoms with Crippen molar-refractivity contribution in [2.75, 3.05) is 33.9 Å². The molecule has 0 amide bonds. The fraction of sp³-hybridized carbons (Fsp3) is 0.643. The summed E-state index contributed by atoms with van der Waals surface area (Å²) in [5.74, 6) is 1.86. The van der Waals surface area contributed by atoms with Crippen LogP contribution in [-0.2, 0) is 11.2 Å². The van der Waals surface area contributed by atoms with Gasteiger partial charge >= 0.3 is 0 Å². The zero-order valence-electron chi connectivity index (χ0n) is 22.0. The molecule has 1 aromatic carbocycles. The summed E-state index contributed by atoms with van der Waals surface area (Å²) in [5.41, 5.74) is 3.27. The largest absolute Gasteiger partial charge is 0.490 e. The zero-order chi connectivity index (χ0) is 23.8. The summed E-state index contributed by atoms with van der Waals surface area (Å²) < 4.78 is 18.1. The number of piperidine rings is 1. The number of hydrogen-bond donors (Lipinski definition) is 0. The Morgan fingerprint density at radius 1 is 1.00 bits per heavy atom. The van der Waals surface area contributed by atoms with Gasteiger partial charge in [0.15, 0.2) is 0 Å². The summed E-state index contributed by atoms with van der Waals surface area (Å²) in [6, 6.07) is 10.5. The van der Waals surface area contributed by atoms with E-state index < -0.39 is 0 Å². The van der Waals surface area contributed by atoms with Gasteiger partial charge < -0.3 is 19.1 Å². The van der Waals surface area contributed by atoms with Gasteiger partial charge in [-0.1, -0.05) is 31.9 Å². The quantitative estimate of drug-likeness (QED) is 0.348. The van der Waals surface area contributed by atoms with Gasteiger partial charge in [-0.2, -0.15) is 5.10 Å². The highest BCUT2D eigenvalue weighted by Crippen LogP contribution is 2.30. The first-order valence-corrected chi connectivity index (χ1v) is 13.1. The number of hydrogen-bond acceptors (Lipinski definition) is 6. The SMILES string of the molecule is CCCCc1nnc(OCC2CN(C)CCC2OC)cc1-c1ccc(OC2CCCCC2)cc1.Cl.Cl. The molecule has 2 heterocycles. The number of methoxy groups -OCH3 is 1. The molecular weight excluding hydrogens is 497 g/mol.